The summed E-state index contributed by atoms with van der Waals surface area (Å²) in [5.41, 5.74) is 5.74. The lowest BCUT2D eigenvalue weighted by atomic mass is 10.0. The van der Waals surface area contributed by atoms with Crippen molar-refractivity contribution in [2.24, 2.45) is 11.7 Å². The second-order valence-electron chi connectivity index (χ2n) is 4.96. The van der Waals surface area contributed by atoms with E-state index in [1.54, 1.807) is 0 Å². The zero-order chi connectivity index (χ0) is 12.1. The molecule has 0 saturated carbocycles. The van der Waals surface area contributed by atoms with Crippen LogP contribution in [0.15, 0.2) is 0 Å². The standard InChI is InChI=1S/C12H25N3O/c1-10(11(2)13)12(16)14(3)8-9-15-6-4-5-7-15/h10-11H,4-9,13H2,1-3H3. The monoisotopic (exact) mass is 227 g/mol. The van der Waals surface area contributed by atoms with Crippen molar-refractivity contribution < 1.29 is 4.79 Å². The SMILES string of the molecule is CC(N)C(C)C(=O)N(C)CCN1CCCC1. The summed E-state index contributed by atoms with van der Waals surface area (Å²) in [6, 6.07) is -0.0678. The van der Waals surface area contributed by atoms with Crippen LogP contribution in [-0.2, 0) is 4.79 Å². The molecule has 16 heavy (non-hydrogen) atoms. The first kappa shape index (κ1) is 13.5. The van der Waals surface area contributed by atoms with Gasteiger partial charge in [0.25, 0.3) is 0 Å². The number of nitrogens with zero attached hydrogens (tertiary/aromatic N) is 2. The fraction of sp³-hybridized carbons (Fsp3) is 0.917. The Morgan fingerprint density at radius 1 is 1.38 bits per heavy atom. The molecule has 2 unspecified atom stereocenters. The molecular formula is C12H25N3O. The van der Waals surface area contributed by atoms with Crippen LogP contribution in [0.1, 0.15) is 26.7 Å². The van der Waals surface area contributed by atoms with Crippen molar-refractivity contribution in [2.75, 3.05) is 33.2 Å². The third kappa shape index (κ3) is 3.76. The van der Waals surface area contributed by atoms with Crippen molar-refractivity contribution in [3.05, 3.63) is 0 Å². The second kappa shape index (κ2) is 6.21. The Bertz CT molecular complexity index is 224. The molecule has 2 N–H and O–H groups in total. The highest BCUT2D eigenvalue weighted by molar-refractivity contribution is 5.78. The summed E-state index contributed by atoms with van der Waals surface area (Å²) in [6.07, 6.45) is 2.60. The van der Waals surface area contributed by atoms with E-state index in [1.165, 1.54) is 25.9 Å². The maximum absolute atomic E-state index is 11.9. The number of likely N-dealkylation sites (tertiary alicyclic amines) is 1. The van der Waals surface area contributed by atoms with Gasteiger partial charge in [-0.25, -0.2) is 0 Å². The smallest absolute Gasteiger partial charge is 0.226 e. The fourth-order valence-electron chi connectivity index (χ4n) is 1.98. The Kier molecular flexibility index (Phi) is 5.22. The van der Waals surface area contributed by atoms with E-state index < -0.39 is 0 Å². The summed E-state index contributed by atoms with van der Waals surface area (Å²) in [5.74, 6) is 0.0813. The van der Waals surface area contributed by atoms with Crippen LogP contribution in [0, 0.1) is 5.92 Å². The van der Waals surface area contributed by atoms with Crippen molar-refractivity contribution in [1.82, 2.24) is 9.80 Å². The molecule has 0 radical (unpaired) electrons. The van der Waals surface area contributed by atoms with Crippen LogP contribution in [-0.4, -0.2) is 55.0 Å². The molecule has 0 aliphatic carbocycles. The first-order valence-corrected chi connectivity index (χ1v) is 6.25. The number of rotatable bonds is 5. The molecule has 1 saturated heterocycles. The van der Waals surface area contributed by atoms with Gasteiger partial charge in [0.15, 0.2) is 0 Å². The number of nitrogens with two attached hydrogens (primary N) is 1. The van der Waals surface area contributed by atoms with Crippen molar-refractivity contribution >= 4 is 5.91 Å². The summed E-state index contributed by atoms with van der Waals surface area (Å²) in [7, 11) is 1.87. The van der Waals surface area contributed by atoms with Gasteiger partial charge in [-0.3, -0.25) is 4.79 Å². The van der Waals surface area contributed by atoms with E-state index in [9.17, 15) is 4.79 Å². The van der Waals surface area contributed by atoms with Crippen molar-refractivity contribution in [3.63, 3.8) is 0 Å². The first-order chi connectivity index (χ1) is 7.52. The van der Waals surface area contributed by atoms with E-state index in [-0.39, 0.29) is 17.9 Å². The molecule has 2 atom stereocenters. The van der Waals surface area contributed by atoms with E-state index in [0.29, 0.717) is 0 Å². The zero-order valence-corrected chi connectivity index (χ0v) is 10.8. The van der Waals surface area contributed by atoms with Crippen LogP contribution in [0.4, 0.5) is 0 Å². The third-order valence-corrected chi connectivity index (χ3v) is 3.50. The highest BCUT2D eigenvalue weighted by Crippen LogP contribution is 2.08. The normalized spacial score (nSPS) is 20.8. The Hall–Kier alpha value is -0.610. The molecule has 4 nitrogen and oxygen atoms in total. The molecule has 1 aliphatic heterocycles. The van der Waals surface area contributed by atoms with E-state index in [1.807, 2.05) is 25.8 Å². The average Bonchev–Trinajstić information content (AvgIpc) is 2.76. The Labute approximate surface area is 98.8 Å². The molecule has 94 valence electrons. The lowest BCUT2D eigenvalue weighted by Gasteiger charge is -2.25. The highest BCUT2D eigenvalue weighted by atomic mass is 16.2. The van der Waals surface area contributed by atoms with E-state index in [2.05, 4.69) is 4.90 Å². The zero-order valence-electron chi connectivity index (χ0n) is 10.8. The maximum atomic E-state index is 11.9. The van der Waals surface area contributed by atoms with Crippen LogP contribution >= 0.6 is 0 Å². The number of amides is 1. The Morgan fingerprint density at radius 2 is 1.94 bits per heavy atom. The van der Waals surface area contributed by atoms with Crippen LogP contribution in [0.25, 0.3) is 0 Å². The minimum Gasteiger partial charge on any atom is -0.344 e. The van der Waals surface area contributed by atoms with E-state index >= 15 is 0 Å². The van der Waals surface area contributed by atoms with Crippen LogP contribution in [0.2, 0.25) is 0 Å². The summed E-state index contributed by atoms with van der Waals surface area (Å²) < 4.78 is 0. The van der Waals surface area contributed by atoms with Gasteiger partial charge in [-0.15, -0.1) is 0 Å². The predicted molar refractivity (Wildman–Crippen MR) is 66.1 cm³/mol. The Balaban J connectivity index is 2.27. The lowest BCUT2D eigenvalue weighted by Crippen LogP contribution is -2.42. The molecule has 0 aromatic rings. The molecule has 0 spiro atoms. The average molecular weight is 227 g/mol. The van der Waals surface area contributed by atoms with Gasteiger partial charge < -0.3 is 15.5 Å². The lowest BCUT2D eigenvalue weighted by molar-refractivity contribution is -0.134. The van der Waals surface area contributed by atoms with Crippen molar-refractivity contribution in [3.8, 4) is 0 Å². The highest BCUT2D eigenvalue weighted by Gasteiger charge is 2.21. The third-order valence-electron chi connectivity index (χ3n) is 3.50. The van der Waals surface area contributed by atoms with Crippen LogP contribution < -0.4 is 5.73 Å². The minimum atomic E-state index is -0.0800. The Morgan fingerprint density at radius 3 is 2.44 bits per heavy atom. The second-order valence-corrected chi connectivity index (χ2v) is 4.96. The molecule has 1 fully saturated rings. The topological polar surface area (TPSA) is 49.6 Å². The predicted octanol–water partition coefficient (Wildman–Crippen LogP) is 0.524. The number of carbonyl (C=O) groups is 1. The number of carbonyl (C=O) groups excluding carboxylic acids is 1. The molecule has 1 amide bonds. The summed E-state index contributed by atoms with van der Waals surface area (Å²) in [5, 5.41) is 0. The summed E-state index contributed by atoms with van der Waals surface area (Å²) in [4.78, 5) is 16.1. The number of hydrogen-bond donors (Lipinski definition) is 1. The van der Waals surface area contributed by atoms with Gasteiger partial charge in [0.2, 0.25) is 5.91 Å². The minimum absolute atomic E-state index is 0.0678. The van der Waals surface area contributed by atoms with Gasteiger partial charge in [-0.1, -0.05) is 6.92 Å². The van der Waals surface area contributed by atoms with Crippen molar-refractivity contribution in [1.29, 1.82) is 0 Å². The van der Waals surface area contributed by atoms with Gasteiger partial charge >= 0.3 is 0 Å². The number of likely N-dealkylation sites (N-methyl/N-ethyl adjacent to an activating group) is 1. The molecule has 0 aromatic heterocycles. The molecule has 1 heterocycles. The largest absolute Gasteiger partial charge is 0.344 e. The van der Waals surface area contributed by atoms with Gasteiger partial charge in [0, 0.05) is 26.2 Å². The van der Waals surface area contributed by atoms with E-state index in [4.69, 9.17) is 5.73 Å². The van der Waals surface area contributed by atoms with Gasteiger partial charge in [-0.05, 0) is 32.9 Å². The van der Waals surface area contributed by atoms with Gasteiger partial charge in [0.05, 0.1) is 5.92 Å². The molecular weight excluding hydrogens is 202 g/mol. The molecule has 1 rings (SSSR count). The maximum Gasteiger partial charge on any atom is 0.226 e. The quantitative estimate of drug-likeness (QED) is 0.745. The van der Waals surface area contributed by atoms with Gasteiger partial charge in [-0.2, -0.15) is 0 Å². The molecule has 1 aliphatic rings. The number of hydrogen-bond acceptors (Lipinski definition) is 3. The summed E-state index contributed by atoms with van der Waals surface area (Å²) >= 11 is 0. The van der Waals surface area contributed by atoms with Gasteiger partial charge in [0.1, 0.15) is 0 Å². The molecule has 4 heteroatoms. The first-order valence-electron chi connectivity index (χ1n) is 6.25. The fourth-order valence-corrected chi connectivity index (χ4v) is 1.98. The van der Waals surface area contributed by atoms with Crippen LogP contribution in [0.3, 0.4) is 0 Å². The summed E-state index contributed by atoms with van der Waals surface area (Å²) in [6.45, 7) is 7.97. The molecule has 0 aromatic carbocycles. The molecule has 0 bridgehead atoms. The van der Waals surface area contributed by atoms with Crippen molar-refractivity contribution in [2.45, 2.75) is 32.7 Å². The van der Waals surface area contributed by atoms with E-state index in [0.717, 1.165) is 13.1 Å². The van der Waals surface area contributed by atoms with Crippen LogP contribution in [0.5, 0.6) is 0 Å².